The lowest BCUT2D eigenvalue weighted by atomic mass is 10.3. The molecule has 0 bridgehead atoms. The van der Waals surface area contributed by atoms with Crippen LogP contribution in [0.15, 0.2) is 59.4 Å². The Morgan fingerprint density at radius 3 is 2.33 bits per heavy atom. The van der Waals surface area contributed by atoms with Crippen LogP contribution >= 0.6 is 0 Å². The molecule has 0 unspecified atom stereocenters. The minimum Gasteiger partial charge on any atom is -0.473 e. The lowest BCUT2D eigenvalue weighted by Gasteiger charge is -1.83. The van der Waals surface area contributed by atoms with Gasteiger partial charge >= 0.3 is 0 Å². The van der Waals surface area contributed by atoms with Gasteiger partial charge in [0.1, 0.15) is 5.82 Å². The molecule has 1 aromatic carbocycles. The minimum absolute atomic E-state index is 0.723. The smallest absolute Gasteiger partial charge is 0.101 e. The van der Waals surface area contributed by atoms with Crippen LogP contribution < -0.4 is 5.73 Å². The fraction of sp³-hybridized carbons (Fsp3) is 0. The number of rotatable bonds is 0. The van der Waals surface area contributed by atoms with Crippen LogP contribution in [0, 0.1) is 0 Å². The summed E-state index contributed by atoms with van der Waals surface area (Å²) >= 11 is 0. The van der Waals surface area contributed by atoms with Crippen LogP contribution in [-0.4, -0.2) is 4.98 Å². The molecule has 0 saturated heterocycles. The summed E-state index contributed by atoms with van der Waals surface area (Å²) in [6.45, 7) is 0. The first-order valence-electron chi connectivity index (χ1n) is 4.66. The van der Waals surface area contributed by atoms with Crippen molar-refractivity contribution in [3.05, 3.63) is 55.0 Å². The summed E-state index contributed by atoms with van der Waals surface area (Å²) in [4.78, 5) is 3.04. The number of nitrogen functional groups attached to an aromatic ring is 1. The zero-order valence-electron chi connectivity index (χ0n) is 8.18. The van der Waals surface area contributed by atoms with E-state index in [0.29, 0.717) is 0 Å². The van der Waals surface area contributed by atoms with E-state index in [1.165, 1.54) is 5.39 Å². The summed E-state index contributed by atoms with van der Waals surface area (Å²) in [7, 11) is 0. The van der Waals surface area contributed by atoms with Gasteiger partial charge in [0.05, 0.1) is 12.5 Å². The molecule has 3 heteroatoms. The van der Waals surface area contributed by atoms with Gasteiger partial charge in [0.2, 0.25) is 0 Å². The number of hydrogen-bond acceptors (Lipinski definition) is 2. The molecular formula is C12H12N2O. The quantitative estimate of drug-likeness (QED) is 0.586. The molecule has 76 valence electrons. The highest BCUT2D eigenvalue weighted by molar-refractivity contribution is 5.82. The third kappa shape index (κ3) is 2.40. The largest absolute Gasteiger partial charge is 0.473 e. The number of nitrogens with one attached hydrogen (secondary N) is 1. The number of anilines is 1. The lowest BCUT2D eigenvalue weighted by molar-refractivity contribution is 0.567. The Morgan fingerprint density at radius 1 is 1.00 bits per heavy atom. The molecule has 0 aliphatic carbocycles. The maximum Gasteiger partial charge on any atom is 0.101 e. The molecule has 0 amide bonds. The van der Waals surface area contributed by atoms with Gasteiger partial charge in [-0.15, -0.1) is 0 Å². The number of para-hydroxylation sites is 1. The number of furan rings is 1. The van der Waals surface area contributed by atoms with Gasteiger partial charge in [-0.25, -0.2) is 0 Å². The van der Waals surface area contributed by atoms with E-state index in [0.717, 1.165) is 11.3 Å². The van der Waals surface area contributed by atoms with Crippen LogP contribution in [0.1, 0.15) is 0 Å². The highest BCUT2D eigenvalue weighted by Gasteiger charge is 1.92. The fourth-order valence-corrected chi connectivity index (χ4v) is 1.32. The second-order valence-corrected chi connectivity index (χ2v) is 3.11. The van der Waals surface area contributed by atoms with Gasteiger partial charge < -0.3 is 15.1 Å². The summed E-state index contributed by atoms with van der Waals surface area (Å²) in [6, 6.07) is 13.6. The van der Waals surface area contributed by atoms with Crippen LogP contribution in [0.3, 0.4) is 0 Å². The molecule has 3 aromatic rings. The summed E-state index contributed by atoms with van der Waals surface area (Å²) in [6.07, 6.45) is 3.25. The molecule has 0 aliphatic rings. The second-order valence-electron chi connectivity index (χ2n) is 3.11. The number of benzene rings is 1. The van der Waals surface area contributed by atoms with E-state index in [-0.39, 0.29) is 0 Å². The number of H-pyrrole nitrogens is 1. The Labute approximate surface area is 87.5 Å². The van der Waals surface area contributed by atoms with E-state index in [1.807, 2.05) is 42.5 Å². The fourth-order valence-electron chi connectivity index (χ4n) is 1.32. The third-order valence-electron chi connectivity index (χ3n) is 1.98. The Balaban J connectivity index is 0.000000144. The van der Waals surface area contributed by atoms with Crippen molar-refractivity contribution in [2.45, 2.75) is 0 Å². The average Bonchev–Trinajstić information content (AvgIpc) is 2.87. The molecule has 3 nitrogen and oxygen atoms in total. The van der Waals surface area contributed by atoms with Crippen molar-refractivity contribution in [2.75, 3.05) is 5.73 Å². The van der Waals surface area contributed by atoms with Crippen molar-refractivity contribution in [3.8, 4) is 0 Å². The normalized spacial score (nSPS) is 9.60. The number of hydrogen-bond donors (Lipinski definition) is 2. The van der Waals surface area contributed by atoms with E-state index >= 15 is 0 Å². The number of nitrogens with two attached hydrogens (primary N) is 1. The first-order chi connectivity index (χ1) is 7.36. The Hall–Kier alpha value is -2.16. The van der Waals surface area contributed by atoms with Crippen LogP contribution in [0.4, 0.5) is 5.82 Å². The van der Waals surface area contributed by atoms with Gasteiger partial charge in [0.15, 0.2) is 0 Å². The molecule has 0 atom stereocenters. The summed E-state index contributed by atoms with van der Waals surface area (Å²) in [5.74, 6) is 0.723. The zero-order valence-corrected chi connectivity index (χ0v) is 8.18. The van der Waals surface area contributed by atoms with Crippen molar-refractivity contribution in [3.63, 3.8) is 0 Å². The molecular weight excluding hydrogens is 188 g/mol. The summed E-state index contributed by atoms with van der Waals surface area (Å²) in [5, 5.41) is 1.17. The maximum absolute atomic E-state index is 5.54. The standard InChI is InChI=1S/C8H8N2.C4H4O/c9-8-5-6-3-1-2-4-7(6)10-8;1-2-4-5-3-1/h1-5,10H,9H2;1-4H. The molecule has 2 aromatic heterocycles. The van der Waals surface area contributed by atoms with Crippen molar-refractivity contribution in [1.29, 1.82) is 0 Å². The van der Waals surface area contributed by atoms with Crippen molar-refractivity contribution >= 4 is 16.7 Å². The Kier molecular flexibility index (Phi) is 2.74. The van der Waals surface area contributed by atoms with Crippen LogP contribution in [0.2, 0.25) is 0 Å². The predicted molar refractivity (Wildman–Crippen MR) is 61.4 cm³/mol. The Morgan fingerprint density at radius 2 is 1.73 bits per heavy atom. The third-order valence-corrected chi connectivity index (χ3v) is 1.98. The minimum atomic E-state index is 0.723. The number of fused-ring (bicyclic) bond motifs is 1. The summed E-state index contributed by atoms with van der Waals surface area (Å²) < 4.78 is 4.58. The van der Waals surface area contributed by atoms with E-state index in [1.54, 1.807) is 12.5 Å². The number of aromatic nitrogens is 1. The second kappa shape index (κ2) is 4.37. The van der Waals surface area contributed by atoms with Crippen molar-refractivity contribution in [2.24, 2.45) is 0 Å². The molecule has 15 heavy (non-hydrogen) atoms. The molecule has 2 heterocycles. The molecule has 3 N–H and O–H groups in total. The van der Waals surface area contributed by atoms with Crippen LogP contribution in [0.5, 0.6) is 0 Å². The molecule has 0 spiro atoms. The first kappa shape index (κ1) is 9.40. The molecule has 0 aliphatic heterocycles. The highest BCUT2D eigenvalue weighted by atomic mass is 16.3. The zero-order chi connectivity index (χ0) is 10.5. The maximum atomic E-state index is 5.54. The predicted octanol–water partition coefficient (Wildman–Crippen LogP) is 3.03. The van der Waals surface area contributed by atoms with E-state index in [2.05, 4.69) is 9.40 Å². The van der Waals surface area contributed by atoms with E-state index in [9.17, 15) is 0 Å². The van der Waals surface area contributed by atoms with Crippen LogP contribution in [-0.2, 0) is 0 Å². The molecule has 0 fully saturated rings. The van der Waals surface area contributed by atoms with Gasteiger partial charge in [-0.05, 0) is 24.3 Å². The molecule has 0 saturated carbocycles. The van der Waals surface area contributed by atoms with Gasteiger partial charge in [-0.2, -0.15) is 0 Å². The van der Waals surface area contributed by atoms with Crippen LogP contribution in [0.25, 0.3) is 10.9 Å². The Bertz CT molecular complexity index is 461. The van der Waals surface area contributed by atoms with Crippen molar-refractivity contribution < 1.29 is 4.42 Å². The number of aromatic amines is 1. The topological polar surface area (TPSA) is 55.0 Å². The van der Waals surface area contributed by atoms with Gasteiger partial charge in [0, 0.05) is 10.9 Å². The molecule has 3 rings (SSSR count). The van der Waals surface area contributed by atoms with Gasteiger partial charge in [-0.3, -0.25) is 0 Å². The molecule has 0 radical (unpaired) electrons. The van der Waals surface area contributed by atoms with E-state index < -0.39 is 0 Å². The summed E-state index contributed by atoms with van der Waals surface area (Å²) in [5.41, 5.74) is 6.63. The van der Waals surface area contributed by atoms with E-state index in [4.69, 9.17) is 5.73 Å². The average molecular weight is 200 g/mol. The monoisotopic (exact) mass is 200 g/mol. The first-order valence-corrected chi connectivity index (χ1v) is 4.66. The SMILES string of the molecule is Nc1cc2ccccc2[nH]1.c1ccoc1. The van der Waals surface area contributed by atoms with Crippen molar-refractivity contribution in [1.82, 2.24) is 4.98 Å². The highest BCUT2D eigenvalue weighted by Crippen LogP contribution is 2.14. The van der Waals surface area contributed by atoms with Gasteiger partial charge in [0.25, 0.3) is 0 Å². The van der Waals surface area contributed by atoms with Gasteiger partial charge in [-0.1, -0.05) is 18.2 Å². The lowest BCUT2D eigenvalue weighted by Crippen LogP contribution is -1.80.